The van der Waals surface area contributed by atoms with Crippen LogP contribution in [0.5, 0.6) is 0 Å². The number of unbranched alkanes of at least 4 members (excludes halogenated alkanes) is 2. The van der Waals surface area contributed by atoms with Crippen LogP contribution in [0.4, 0.5) is 0 Å². The SMILES string of the molecule is OCCCCNNCCCCO. The molecule has 4 N–H and O–H groups in total. The van der Waals surface area contributed by atoms with Crippen LogP contribution in [0.1, 0.15) is 25.7 Å². The molecule has 0 rings (SSSR count). The van der Waals surface area contributed by atoms with E-state index in [0.29, 0.717) is 0 Å². The summed E-state index contributed by atoms with van der Waals surface area (Å²) < 4.78 is 0. The van der Waals surface area contributed by atoms with E-state index in [-0.39, 0.29) is 13.2 Å². The molecule has 0 aromatic heterocycles. The van der Waals surface area contributed by atoms with Crippen LogP contribution in [0.25, 0.3) is 0 Å². The van der Waals surface area contributed by atoms with Gasteiger partial charge in [-0.3, -0.25) is 10.9 Å². The highest BCUT2D eigenvalue weighted by atomic mass is 16.3. The normalized spacial score (nSPS) is 10.5. The van der Waals surface area contributed by atoms with Crippen molar-refractivity contribution < 1.29 is 10.2 Å². The van der Waals surface area contributed by atoms with E-state index in [2.05, 4.69) is 10.9 Å². The Morgan fingerprint density at radius 2 is 1.08 bits per heavy atom. The summed E-state index contributed by atoms with van der Waals surface area (Å²) >= 11 is 0. The zero-order valence-corrected chi connectivity index (χ0v) is 7.55. The molecule has 0 aliphatic heterocycles. The largest absolute Gasteiger partial charge is 0.396 e. The Labute approximate surface area is 74.0 Å². The topological polar surface area (TPSA) is 64.5 Å². The maximum atomic E-state index is 8.46. The number of aliphatic hydroxyl groups is 2. The highest BCUT2D eigenvalue weighted by Gasteiger charge is 1.87. The van der Waals surface area contributed by atoms with Gasteiger partial charge in [-0.05, 0) is 25.7 Å². The zero-order valence-electron chi connectivity index (χ0n) is 7.55. The molecule has 0 fully saturated rings. The Hall–Kier alpha value is -0.160. The van der Waals surface area contributed by atoms with Crippen molar-refractivity contribution in [2.24, 2.45) is 0 Å². The van der Waals surface area contributed by atoms with Gasteiger partial charge in [0.25, 0.3) is 0 Å². The first kappa shape index (κ1) is 11.8. The van der Waals surface area contributed by atoms with Crippen LogP contribution in [0.15, 0.2) is 0 Å². The minimum atomic E-state index is 0.270. The Morgan fingerprint density at radius 3 is 1.42 bits per heavy atom. The number of rotatable bonds is 9. The molecule has 0 amide bonds. The second-order valence-electron chi connectivity index (χ2n) is 2.71. The lowest BCUT2D eigenvalue weighted by Crippen LogP contribution is -2.33. The highest BCUT2D eigenvalue weighted by Crippen LogP contribution is 1.84. The predicted octanol–water partition coefficient (Wildman–Crippen LogP) is -0.374. The molecule has 0 aromatic carbocycles. The smallest absolute Gasteiger partial charge is 0.0431 e. The van der Waals surface area contributed by atoms with Gasteiger partial charge in [0.1, 0.15) is 0 Å². The standard InChI is InChI=1S/C8H20N2O2/c11-7-3-1-5-9-10-6-2-4-8-12/h9-12H,1-8H2. The minimum Gasteiger partial charge on any atom is -0.396 e. The molecule has 0 radical (unpaired) electrons. The van der Waals surface area contributed by atoms with Crippen LogP contribution in [0.3, 0.4) is 0 Å². The molecule has 0 aromatic rings. The number of hydrazine groups is 1. The summed E-state index contributed by atoms with van der Waals surface area (Å²) in [5, 5.41) is 16.9. The van der Waals surface area contributed by atoms with E-state index < -0.39 is 0 Å². The van der Waals surface area contributed by atoms with Crippen LogP contribution >= 0.6 is 0 Å². The van der Waals surface area contributed by atoms with Gasteiger partial charge in [0.05, 0.1) is 0 Å². The highest BCUT2D eigenvalue weighted by molar-refractivity contribution is 4.45. The van der Waals surface area contributed by atoms with Gasteiger partial charge in [-0.25, -0.2) is 0 Å². The van der Waals surface area contributed by atoms with Gasteiger partial charge < -0.3 is 10.2 Å². The first-order chi connectivity index (χ1) is 5.91. The lowest BCUT2D eigenvalue weighted by Gasteiger charge is -2.05. The maximum Gasteiger partial charge on any atom is 0.0431 e. The van der Waals surface area contributed by atoms with E-state index in [0.717, 1.165) is 38.8 Å². The molecule has 0 heterocycles. The summed E-state index contributed by atoms with van der Waals surface area (Å²) in [4.78, 5) is 0. The summed E-state index contributed by atoms with van der Waals surface area (Å²) in [5.74, 6) is 0. The second kappa shape index (κ2) is 10.8. The molecular weight excluding hydrogens is 156 g/mol. The summed E-state index contributed by atoms with van der Waals surface area (Å²) in [6.45, 7) is 2.32. The molecule has 74 valence electrons. The van der Waals surface area contributed by atoms with Gasteiger partial charge in [-0.2, -0.15) is 0 Å². The molecule has 0 aliphatic carbocycles. The molecule has 0 atom stereocenters. The fourth-order valence-electron chi connectivity index (χ4n) is 0.827. The van der Waals surface area contributed by atoms with Gasteiger partial charge in [-0.1, -0.05) is 0 Å². The van der Waals surface area contributed by atoms with E-state index in [1.807, 2.05) is 0 Å². The molecule has 0 spiro atoms. The van der Waals surface area contributed by atoms with Crippen molar-refractivity contribution >= 4 is 0 Å². The number of aliphatic hydroxyl groups excluding tert-OH is 2. The predicted molar refractivity (Wildman–Crippen MR) is 48.6 cm³/mol. The van der Waals surface area contributed by atoms with Crippen molar-refractivity contribution in [1.29, 1.82) is 0 Å². The molecule has 4 heteroatoms. The average Bonchev–Trinajstić information content (AvgIpc) is 2.10. The van der Waals surface area contributed by atoms with Crippen molar-refractivity contribution in [1.82, 2.24) is 10.9 Å². The molecule has 4 nitrogen and oxygen atoms in total. The fourth-order valence-corrected chi connectivity index (χ4v) is 0.827. The van der Waals surface area contributed by atoms with Crippen LogP contribution in [-0.2, 0) is 0 Å². The first-order valence-electron chi connectivity index (χ1n) is 4.59. The maximum absolute atomic E-state index is 8.46. The number of hydrogen-bond donors (Lipinski definition) is 4. The Kier molecular flexibility index (Phi) is 10.7. The third-order valence-electron chi connectivity index (χ3n) is 1.54. The fraction of sp³-hybridized carbons (Fsp3) is 1.00. The van der Waals surface area contributed by atoms with E-state index in [4.69, 9.17) is 10.2 Å². The van der Waals surface area contributed by atoms with Crippen LogP contribution in [0.2, 0.25) is 0 Å². The molecule has 0 bridgehead atoms. The molecule has 0 unspecified atom stereocenters. The minimum absolute atomic E-state index is 0.270. The van der Waals surface area contributed by atoms with Gasteiger partial charge in [0.15, 0.2) is 0 Å². The van der Waals surface area contributed by atoms with Gasteiger partial charge in [0.2, 0.25) is 0 Å². The third-order valence-corrected chi connectivity index (χ3v) is 1.54. The molecule has 0 aliphatic rings. The summed E-state index contributed by atoms with van der Waals surface area (Å²) in [5.41, 5.74) is 6.07. The molecule has 0 saturated carbocycles. The van der Waals surface area contributed by atoms with Gasteiger partial charge in [0, 0.05) is 26.3 Å². The van der Waals surface area contributed by atoms with Crippen LogP contribution in [0, 0.1) is 0 Å². The van der Waals surface area contributed by atoms with Crippen molar-refractivity contribution in [3.63, 3.8) is 0 Å². The second-order valence-corrected chi connectivity index (χ2v) is 2.71. The summed E-state index contributed by atoms with van der Waals surface area (Å²) in [6, 6.07) is 0. The number of nitrogens with one attached hydrogen (secondary N) is 2. The molecule has 0 saturated heterocycles. The Morgan fingerprint density at radius 1 is 0.667 bits per heavy atom. The summed E-state index contributed by atoms with van der Waals surface area (Å²) in [6.07, 6.45) is 3.68. The summed E-state index contributed by atoms with van der Waals surface area (Å²) in [7, 11) is 0. The van der Waals surface area contributed by atoms with E-state index in [1.54, 1.807) is 0 Å². The quantitative estimate of drug-likeness (QED) is 0.286. The van der Waals surface area contributed by atoms with Crippen molar-refractivity contribution in [2.45, 2.75) is 25.7 Å². The Bertz CT molecular complexity index is 71.5. The molecule has 12 heavy (non-hydrogen) atoms. The van der Waals surface area contributed by atoms with Crippen LogP contribution in [-0.4, -0.2) is 36.5 Å². The van der Waals surface area contributed by atoms with Crippen molar-refractivity contribution in [3.05, 3.63) is 0 Å². The Balaban J connectivity index is 2.73. The van der Waals surface area contributed by atoms with Crippen LogP contribution < -0.4 is 10.9 Å². The van der Waals surface area contributed by atoms with Crippen molar-refractivity contribution in [2.75, 3.05) is 26.3 Å². The van der Waals surface area contributed by atoms with Gasteiger partial charge >= 0.3 is 0 Å². The lowest BCUT2D eigenvalue weighted by atomic mass is 10.3. The number of hydrogen-bond acceptors (Lipinski definition) is 4. The monoisotopic (exact) mass is 176 g/mol. The van der Waals surface area contributed by atoms with E-state index in [1.165, 1.54) is 0 Å². The molecular formula is C8H20N2O2. The first-order valence-corrected chi connectivity index (χ1v) is 4.59. The van der Waals surface area contributed by atoms with E-state index >= 15 is 0 Å². The lowest BCUT2D eigenvalue weighted by molar-refractivity contribution is 0.278. The average molecular weight is 176 g/mol. The van der Waals surface area contributed by atoms with Gasteiger partial charge in [-0.15, -0.1) is 0 Å². The van der Waals surface area contributed by atoms with Crippen molar-refractivity contribution in [3.8, 4) is 0 Å². The third kappa shape index (κ3) is 9.84. The zero-order chi connectivity index (χ0) is 9.07. The van der Waals surface area contributed by atoms with E-state index in [9.17, 15) is 0 Å².